The number of hydrogen-bond acceptors (Lipinski definition) is 2. The molecule has 0 saturated carbocycles. The Hall–Kier alpha value is -1.70. The smallest absolute Gasteiger partial charge is 0.416 e. The predicted molar refractivity (Wildman–Crippen MR) is 70.1 cm³/mol. The second-order valence-corrected chi connectivity index (χ2v) is 5.44. The predicted octanol–water partition coefficient (Wildman–Crippen LogP) is 4.73. The number of carboxylic acids is 1. The molecule has 1 saturated heterocycles. The van der Waals surface area contributed by atoms with E-state index in [-0.39, 0.29) is 24.5 Å². The number of alkyl halides is 5. The SMILES string of the molecule is O=C(O)CCC1CCC(c2cc(C(F)F)cc(C(F)(F)F)c2)O1. The first-order valence-corrected chi connectivity index (χ1v) is 7.04. The molecule has 0 aliphatic carbocycles. The highest BCUT2D eigenvalue weighted by molar-refractivity contribution is 5.66. The third kappa shape index (κ3) is 4.63. The number of carboxylic acid groups (broad SMARTS) is 1. The van der Waals surface area contributed by atoms with E-state index < -0.39 is 35.8 Å². The van der Waals surface area contributed by atoms with Gasteiger partial charge in [0.2, 0.25) is 0 Å². The molecular weight excluding hydrogens is 323 g/mol. The van der Waals surface area contributed by atoms with Gasteiger partial charge in [-0.2, -0.15) is 13.2 Å². The van der Waals surface area contributed by atoms with E-state index in [9.17, 15) is 26.7 Å². The van der Waals surface area contributed by atoms with Crippen LogP contribution >= 0.6 is 0 Å². The Morgan fingerprint density at radius 3 is 2.52 bits per heavy atom. The monoisotopic (exact) mass is 338 g/mol. The summed E-state index contributed by atoms with van der Waals surface area (Å²) in [6.45, 7) is 0. The van der Waals surface area contributed by atoms with Crippen molar-refractivity contribution >= 4 is 5.97 Å². The second kappa shape index (κ2) is 6.82. The highest BCUT2D eigenvalue weighted by Gasteiger charge is 2.34. The lowest BCUT2D eigenvalue weighted by molar-refractivity contribution is -0.139. The minimum atomic E-state index is -4.72. The van der Waals surface area contributed by atoms with Crippen molar-refractivity contribution in [2.75, 3.05) is 0 Å². The zero-order valence-corrected chi connectivity index (χ0v) is 11.9. The molecule has 1 aliphatic heterocycles. The van der Waals surface area contributed by atoms with Crippen LogP contribution in [0, 0.1) is 0 Å². The van der Waals surface area contributed by atoms with Crippen LogP contribution in [-0.4, -0.2) is 17.2 Å². The quantitative estimate of drug-likeness (QED) is 0.790. The molecule has 1 aromatic rings. The van der Waals surface area contributed by atoms with Gasteiger partial charge in [0, 0.05) is 12.0 Å². The van der Waals surface area contributed by atoms with Crippen molar-refractivity contribution in [1.29, 1.82) is 0 Å². The number of rotatable bonds is 5. The number of ether oxygens (including phenoxy) is 1. The van der Waals surface area contributed by atoms with Crippen LogP contribution in [0.3, 0.4) is 0 Å². The molecule has 2 atom stereocenters. The lowest BCUT2D eigenvalue weighted by Gasteiger charge is -2.17. The second-order valence-electron chi connectivity index (χ2n) is 5.44. The number of aliphatic carboxylic acids is 1. The Balaban J connectivity index is 2.19. The summed E-state index contributed by atoms with van der Waals surface area (Å²) in [5.41, 5.74) is -1.79. The minimum Gasteiger partial charge on any atom is -0.481 e. The maximum absolute atomic E-state index is 12.8. The lowest BCUT2D eigenvalue weighted by Crippen LogP contribution is -2.11. The fraction of sp³-hybridized carbons (Fsp3) is 0.533. The van der Waals surface area contributed by atoms with Gasteiger partial charge in [0.15, 0.2) is 0 Å². The van der Waals surface area contributed by atoms with Gasteiger partial charge < -0.3 is 9.84 Å². The molecule has 0 spiro atoms. The van der Waals surface area contributed by atoms with Crippen molar-refractivity contribution < 1.29 is 36.6 Å². The number of hydrogen-bond donors (Lipinski definition) is 1. The summed E-state index contributed by atoms with van der Waals surface area (Å²) in [6.07, 6.45) is -7.86. The normalized spacial score (nSPS) is 21.8. The van der Waals surface area contributed by atoms with E-state index in [1.807, 2.05) is 0 Å². The lowest BCUT2D eigenvalue weighted by atomic mass is 9.99. The Morgan fingerprint density at radius 2 is 1.96 bits per heavy atom. The minimum absolute atomic E-state index is 0.0490. The van der Waals surface area contributed by atoms with Gasteiger partial charge in [-0.1, -0.05) is 0 Å². The van der Waals surface area contributed by atoms with Crippen molar-refractivity contribution in [2.45, 2.75) is 50.5 Å². The van der Waals surface area contributed by atoms with Gasteiger partial charge >= 0.3 is 12.1 Å². The van der Waals surface area contributed by atoms with E-state index in [2.05, 4.69) is 0 Å². The van der Waals surface area contributed by atoms with E-state index in [0.717, 1.165) is 12.1 Å². The first kappa shape index (κ1) is 17.7. The first-order valence-electron chi connectivity index (χ1n) is 7.04. The maximum atomic E-state index is 12.8. The summed E-state index contributed by atoms with van der Waals surface area (Å²) in [6, 6.07) is 2.27. The van der Waals surface area contributed by atoms with Gasteiger partial charge in [0.1, 0.15) is 0 Å². The molecule has 1 fully saturated rings. The third-order valence-electron chi connectivity index (χ3n) is 3.72. The van der Waals surface area contributed by atoms with Crippen LogP contribution in [0.15, 0.2) is 18.2 Å². The molecule has 1 aromatic carbocycles. The van der Waals surface area contributed by atoms with Gasteiger partial charge in [0.05, 0.1) is 17.8 Å². The van der Waals surface area contributed by atoms with E-state index in [1.165, 1.54) is 0 Å². The van der Waals surface area contributed by atoms with Crippen LogP contribution in [0.2, 0.25) is 0 Å². The highest BCUT2D eigenvalue weighted by atomic mass is 19.4. The maximum Gasteiger partial charge on any atom is 0.416 e. The van der Waals surface area contributed by atoms with Crippen LogP contribution in [0.5, 0.6) is 0 Å². The van der Waals surface area contributed by atoms with E-state index in [0.29, 0.717) is 18.9 Å². The van der Waals surface area contributed by atoms with E-state index >= 15 is 0 Å². The van der Waals surface area contributed by atoms with Gasteiger partial charge in [0.25, 0.3) is 6.43 Å². The molecule has 1 heterocycles. The van der Waals surface area contributed by atoms with Crippen LogP contribution < -0.4 is 0 Å². The third-order valence-corrected chi connectivity index (χ3v) is 3.72. The van der Waals surface area contributed by atoms with Crippen molar-refractivity contribution in [1.82, 2.24) is 0 Å². The summed E-state index contributed by atoms with van der Waals surface area (Å²) < 4.78 is 69.7. The first-order chi connectivity index (χ1) is 10.7. The van der Waals surface area contributed by atoms with Crippen LogP contribution in [-0.2, 0) is 15.7 Å². The molecule has 0 aromatic heterocycles. The Bertz CT molecular complexity index is 571. The van der Waals surface area contributed by atoms with Crippen molar-refractivity contribution in [3.8, 4) is 0 Å². The number of carbonyl (C=O) groups is 1. The zero-order valence-electron chi connectivity index (χ0n) is 11.9. The molecule has 128 valence electrons. The average Bonchev–Trinajstić information content (AvgIpc) is 2.92. The Morgan fingerprint density at radius 1 is 1.26 bits per heavy atom. The molecule has 1 N–H and O–H groups in total. The van der Waals surface area contributed by atoms with Crippen LogP contribution in [0.1, 0.15) is 54.9 Å². The largest absolute Gasteiger partial charge is 0.481 e. The van der Waals surface area contributed by atoms with Gasteiger partial charge in [-0.25, -0.2) is 8.78 Å². The fourth-order valence-electron chi connectivity index (χ4n) is 2.60. The number of benzene rings is 1. The van der Waals surface area contributed by atoms with E-state index in [1.54, 1.807) is 0 Å². The average molecular weight is 338 g/mol. The van der Waals surface area contributed by atoms with Gasteiger partial charge in [-0.05, 0) is 43.0 Å². The summed E-state index contributed by atoms with van der Waals surface area (Å²) in [7, 11) is 0. The topological polar surface area (TPSA) is 46.5 Å². The van der Waals surface area contributed by atoms with Crippen LogP contribution in [0.4, 0.5) is 22.0 Å². The molecule has 0 amide bonds. The molecule has 23 heavy (non-hydrogen) atoms. The molecule has 0 bridgehead atoms. The molecule has 2 unspecified atom stereocenters. The number of halogens is 5. The van der Waals surface area contributed by atoms with E-state index in [4.69, 9.17) is 9.84 Å². The summed E-state index contributed by atoms with van der Waals surface area (Å²) in [5.74, 6) is -0.990. The Labute approximate surface area is 129 Å². The Kier molecular flexibility index (Phi) is 5.23. The fourth-order valence-corrected chi connectivity index (χ4v) is 2.60. The summed E-state index contributed by atoms with van der Waals surface area (Å²) in [4.78, 5) is 10.5. The molecule has 1 aliphatic rings. The van der Waals surface area contributed by atoms with Gasteiger partial charge in [-0.15, -0.1) is 0 Å². The molecular formula is C15H15F5O3. The zero-order chi connectivity index (χ0) is 17.2. The van der Waals surface area contributed by atoms with Crippen molar-refractivity contribution in [3.05, 3.63) is 34.9 Å². The van der Waals surface area contributed by atoms with Crippen LogP contribution in [0.25, 0.3) is 0 Å². The molecule has 8 heteroatoms. The standard InChI is InChI=1S/C15H15F5O3/c16-14(17)9-5-8(6-10(7-9)15(18,19)20)12-3-1-11(23-12)2-4-13(21)22/h5-7,11-12,14H,1-4H2,(H,21,22). The van der Waals surface area contributed by atoms with Gasteiger partial charge in [-0.3, -0.25) is 4.79 Å². The highest BCUT2D eigenvalue weighted by Crippen LogP contribution is 2.39. The molecule has 0 radical (unpaired) electrons. The molecule has 3 nitrogen and oxygen atoms in total. The molecule has 2 rings (SSSR count). The summed E-state index contributed by atoms with van der Waals surface area (Å²) >= 11 is 0. The van der Waals surface area contributed by atoms with Crippen molar-refractivity contribution in [2.24, 2.45) is 0 Å². The van der Waals surface area contributed by atoms with Crippen molar-refractivity contribution in [3.63, 3.8) is 0 Å². The summed E-state index contributed by atoms with van der Waals surface area (Å²) in [5, 5.41) is 8.62.